The van der Waals surface area contributed by atoms with Crippen molar-refractivity contribution >= 4 is 0 Å². The first kappa shape index (κ1) is 12.6. The van der Waals surface area contributed by atoms with Gasteiger partial charge >= 0.3 is 0 Å². The van der Waals surface area contributed by atoms with Gasteiger partial charge < -0.3 is 4.74 Å². The molecule has 2 aromatic rings. The van der Waals surface area contributed by atoms with Crippen molar-refractivity contribution in [2.45, 2.75) is 26.2 Å². The van der Waals surface area contributed by atoms with Gasteiger partial charge in [-0.05, 0) is 23.8 Å². The van der Waals surface area contributed by atoms with Gasteiger partial charge in [0.25, 0.3) is 0 Å². The van der Waals surface area contributed by atoms with Gasteiger partial charge in [-0.3, -0.25) is 0 Å². The highest BCUT2D eigenvalue weighted by Gasteiger charge is 2.16. The smallest absolute Gasteiger partial charge is 0.119 e. The van der Waals surface area contributed by atoms with E-state index in [0.29, 0.717) is 0 Å². The molecule has 0 fully saturated rings. The van der Waals surface area contributed by atoms with Crippen molar-refractivity contribution in [1.82, 2.24) is 10.2 Å². The predicted octanol–water partition coefficient (Wildman–Crippen LogP) is 3.45. The van der Waals surface area contributed by atoms with Crippen LogP contribution in [0.3, 0.4) is 0 Å². The van der Waals surface area contributed by atoms with Crippen LogP contribution in [0.2, 0.25) is 0 Å². The van der Waals surface area contributed by atoms with Crippen molar-refractivity contribution in [2.24, 2.45) is 0 Å². The van der Waals surface area contributed by atoms with Crippen molar-refractivity contribution in [1.29, 1.82) is 0 Å². The number of rotatable bonds is 2. The van der Waals surface area contributed by atoms with Crippen molar-refractivity contribution in [2.75, 3.05) is 7.11 Å². The Morgan fingerprint density at radius 2 is 1.83 bits per heavy atom. The molecule has 0 saturated heterocycles. The normalized spacial score (nSPS) is 11.3. The molecule has 0 aliphatic carbocycles. The maximum atomic E-state index is 5.24. The highest BCUT2D eigenvalue weighted by molar-refractivity contribution is 5.64. The molecular weight excluding hydrogens is 224 g/mol. The van der Waals surface area contributed by atoms with Gasteiger partial charge in [0.2, 0.25) is 0 Å². The van der Waals surface area contributed by atoms with Crippen LogP contribution in [0, 0.1) is 0 Å². The molecule has 94 valence electrons. The molecule has 0 amide bonds. The molecule has 0 aliphatic heterocycles. The van der Waals surface area contributed by atoms with Gasteiger partial charge in [-0.2, -0.15) is 10.2 Å². The van der Waals surface area contributed by atoms with Crippen molar-refractivity contribution < 1.29 is 4.74 Å². The monoisotopic (exact) mass is 242 g/mol. The fourth-order valence-corrected chi connectivity index (χ4v) is 1.69. The van der Waals surface area contributed by atoms with Crippen LogP contribution in [-0.4, -0.2) is 17.3 Å². The summed E-state index contributed by atoms with van der Waals surface area (Å²) in [6.07, 6.45) is 1.78. The molecule has 3 heteroatoms. The Morgan fingerprint density at radius 1 is 1.06 bits per heavy atom. The lowest BCUT2D eigenvalue weighted by Gasteiger charge is -2.17. The molecule has 0 unspecified atom stereocenters. The summed E-state index contributed by atoms with van der Waals surface area (Å²) in [5.74, 6) is 0.849. The van der Waals surface area contributed by atoms with Gasteiger partial charge in [-0.1, -0.05) is 32.9 Å². The number of aromatic nitrogens is 2. The predicted molar refractivity (Wildman–Crippen MR) is 72.7 cm³/mol. The molecule has 0 bridgehead atoms. The molecule has 2 rings (SSSR count). The Kier molecular flexibility index (Phi) is 3.32. The van der Waals surface area contributed by atoms with E-state index in [1.807, 2.05) is 24.3 Å². The lowest BCUT2D eigenvalue weighted by molar-refractivity contribution is 0.415. The van der Waals surface area contributed by atoms with Gasteiger partial charge in [0.05, 0.1) is 19.0 Å². The van der Waals surface area contributed by atoms with Gasteiger partial charge in [0, 0.05) is 11.0 Å². The third kappa shape index (κ3) is 2.67. The fourth-order valence-electron chi connectivity index (χ4n) is 1.69. The summed E-state index contributed by atoms with van der Waals surface area (Å²) in [6, 6.07) is 10.0. The molecule has 0 radical (unpaired) electrons. The fraction of sp³-hybridized carbons (Fsp3) is 0.333. The second-order valence-corrected chi connectivity index (χ2v) is 5.31. The zero-order chi connectivity index (χ0) is 13.2. The third-order valence-electron chi connectivity index (χ3n) is 2.83. The number of benzene rings is 1. The van der Waals surface area contributed by atoms with Crippen LogP contribution in [0.25, 0.3) is 11.1 Å². The lowest BCUT2D eigenvalue weighted by atomic mass is 9.90. The maximum absolute atomic E-state index is 5.24. The Labute approximate surface area is 108 Å². The average molecular weight is 242 g/mol. The Hall–Kier alpha value is -1.90. The Morgan fingerprint density at radius 3 is 2.50 bits per heavy atom. The van der Waals surface area contributed by atoms with E-state index in [9.17, 15) is 0 Å². The average Bonchev–Trinajstić information content (AvgIpc) is 2.38. The summed E-state index contributed by atoms with van der Waals surface area (Å²) in [4.78, 5) is 0. The number of methoxy groups -OCH3 is 1. The minimum Gasteiger partial charge on any atom is -0.497 e. The van der Waals surface area contributed by atoms with Gasteiger partial charge in [0.15, 0.2) is 0 Å². The number of nitrogens with zero attached hydrogens (tertiary/aromatic N) is 2. The van der Waals surface area contributed by atoms with Crippen LogP contribution in [0.1, 0.15) is 26.5 Å². The van der Waals surface area contributed by atoms with Gasteiger partial charge in [0.1, 0.15) is 5.75 Å². The summed E-state index contributed by atoms with van der Waals surface area (Å²) in [5, 5.41) is 8.29. The third-order valence-corrected chi connectivity index (χ3v) is 2.83. The second kappa shape index (κ2) is 4.77. The number of hydrogen-bond donors (Lipinski definition) is 0. The topological polar surface area (TPSA) is 35.0 Å². The zero-order valence-corrected chi connectivity index (χ0v) is 11.3. The van der Waals surface area contributed by atoms with Gasteiger partial charge in [-0.15, -0.1) is 0 Å². The van der Waals surface area contributed by atoms with E-state index in [1.54, 1.807) is 13.3 Å². The molecule has 0 aliphatic rings. The van der Waals surface area contributed by atoms with E-state index < -0.39 is 0 Å². The molecule has 1 aromatic carbocycles. The molecule has 0 saturated carbocycles. The summed E-state index contributed by atoms with van der Waals surface area (Å²) < 4.78 is 5.24. The summed E-state index contributed by atoms with van der Waals surface area (Å²) in [6.45, 7) is 6.39. The highest BCUT2D eigenvalue weighted by atomic mass is 16.5. The SMILES string of the molecule is COc1cccc(-c2cnnc(C(C)(C)C)c2)c1. The maximum Gasteiger partial charge on any atom is 0.119 e. The van der Waals surface area contributed by atoms with E-state index in [0.717, 1.165) is 22.6 Å². The molecular formula is C15H18N2O. The lowest BCUT2D eigenvalue weighted by Crippen LogP contribution is -2.14. The molecule has 18 heavy (non-hydrogen) atoms. The highest BCUT2D eigenvalue weighted by Crippen LogP contribution is 2.26. The first-order valence-corrected chi connectivity index (χ1v) is 5.98. The minimum atomic E-state index is 0.00186. The standard InChI is InChI=1S/C15H18N2O/c1-15(2,3)14-9-12(10-16-17-14)11-6-5-7-13(8-11)18-4/h5-10H,1-4H3. The molecule has 3 nitrogen and oxygen atoms in total. The van der Waals surface area contributed by atoms with Crippen LogP contribution in [0.15, 0.2) is 36.5 Å². The largest absolute Gasteiger partial charge is 0.497 e. The van der Waals surface area contributed by atoms with Crippen LogP contribution < -0.4 is 4.74 Å². The summed E-state index contributed by atoms with van der Waals surface area (Å²) in [7, 11) is 1.67. The molecule has 0 spiro atoms. The van der Waals surface area contributed by atoms with Crippen LogP contribution in [0.4, 0.5) is 0 Å². The Bertz CT molecular complexity index is 544. The minimum absolute atomic E-state index is 0.00186. The van der Waals surface area contributed by atoms with Crippen LogP contribution in [0.5, 0.6) is 5.75 Å². The van der Waals surface area contributed by atoms with E-state index in [4.69, 9.17) is 4.74 Å². The van der Waals surface area contributed by atoms with Crippen molar-refractivity contribution in [3.63, 3.8) is 0 Å². The van der Waals surface area contributed by atoms with E-state index in [2.05, 4.69) is 37.0 Å². The number of hydrogen-bond acceptors (Lipinski definition) is 3. The quantitative estimate of drug-likeness (QED) is 0.809. The van der Waals surface area contributed by atoms with Gasteiger partial charge in [-0.25, -0.2) is 0 Å². The molecule has 1 aromatic heterocycles. The summed E-state index contributed by atoms with van der Waals surface area (Å²) in [5.41, 5.74) is 3.15. The second-order valence-electron chi connectivity index (χ2n) is 5.31. The molecule has 1 heterocycles. The first-order valence-electron chi connectivity index (χ1n) is 5.98. The van der Waals surface area contributed by atoms with E-state index in [1.165, 1.54) is 0 Å². The van der Waals surface area contributed by atoms with Crippen molar-refractivity contribution in [3.05, 3.63) is 42.2 Å². The molecule has 0 atom stereocenters. The number of ether oxygens (including phenoxy) is 1. The van der Waals surface area contributed by atoms with E-state index >= 15 is 0 Å². The first-order chi connectivity index (χ1) is 8.50. The molecule has 0 N–H and O–H groups in total. The summed E-state index contributed by atoms with van der Waals surface area (Å²) >= 11 is 0. The van der Waals surface area contributed by atoms with Crippen molar-refractivity contribution in [3.8, 4) is 16.9 Å². The zero-order valence-electron chi connectivity index (χ0n) is 11.3. The van der Waals surface area contributed by atoms with E-state index in [-0.39, 0.29) is 5.41 Å². The van der Waals surface area contributed by atoms with Crippen LogP contribution in [-0.2, 0) is 5.41 Å². The van der Waals surface area contributed by atoms with Crippen LogP contribution >= 0.6 is 0 Å². The Balaban J connectivity index is 2.44.